The van der Waals surface area contributed by atoms with Crippen molar-refractivity contribution >= 4 is 16.9 Å². The molecule has 1 amide bonds. The van der Waals surface area contributed by atoms with Crippen molar-refractivity contribution < 1.29 is 18.0 Å². The van der Waals surface area contributed by atoms with Crippen molar-refractivity contribution in [3.05, 3.63) is 30.1 Å². The molecule has 2 aromatic rings. The molecule has 2 atom stereocenters. The number of carbonyl (C=O) groups is 1. The molecule has 0 unspecified atom stereocenters. The number of likely N-dealkylation sites (tertiary alicyclic amines) is 1. The summed E-state index contributed by atoms with van der Waals surface area (Å²) in [6, 6.07) is 3.78. The lowest BCUT2D eigenvalue weighted by atomic mass is 9.96. The molecule has 1 aromatic carbocycles. The van der Waals surface area contributed by atoms with Gasteiger partial charge in [-0.05, 0) is 30.5 Å². The second kappa shape index (κ2) is 6.67. The number of halogens is 3. The Morgan fingerprint density at radius 2 is 2.12 bits per heavy atom. The van der Waals surface area contributed by atoms with Gasteiger partial charge in [-0.2, -0.15) is 13.2 Å². The summed E-state index contributed by atoms with van der Waals surface area (Å²) in [5, 5.41) is 2.74. The van der Waals surface area contributed by atoms with Crippen LogP contribution in [0.4, 0.5) is 13.2 Å². The fourth-order valence-electron chi connectivity index (χ4n) is 3.51. The van der Waals surface area contributed by atoms with Crippen LogP contribution in [0, 0.1) is 0 Å². The molecule has 1 aromatic heterocycles. The Labute approximate surface area is 143 Å². The molecule has 1 aliphatic heterocycles. The smallest absolute Gasteiger partial charge is 0.352 e. The quantitative estimate of drug-likeness (QED) is 0.922. The Kier molecular flexibility index (Phi) is 4.73. The Balaban J connectivity index is 1.81. The number of hydrogen-bond donors (Lipinski definition) is 1. The summed E-state index contributed by atoms with van der Waals surface area (Å²) in [6.45, 7) is 1.74. The van der Waals surface area contributed by atoms with Crippen LogP contribution in [0.2, 0.25) is 0 Å². The zero-order valence-corrected chi connectivity index (χ0v) is 14.2. The van der Waals surface area contributed by atoms with Crippen LogP contribution < -0.4 is 5.32 Å². The Hall–Kier alpha value is -2.09. The number of imidazole rings is 1. The van der Waals surface area contributed by atoms with E-state index in [1.807, 2.05) is 29.8 Å². The number of carbonyl (C=O) groups excluding carboxylic acids is 1. The molecule has 1 aliphatic rings. The number of alkyl halides is 3. The van der Waals surface area contributed by atoms with Crippen LogP contribution in [0.15, 0.2) is 24.5 Å². The number of nitrogens with zero attached hydrogens (tertiary/aromatic N) is 3. The molecule has 5 nitrogen and oxygen atoms in total. The van der Waals surface area contributed by atoms with Crippen LogP contribution in [-0.2, 0) is 18.4 Å². The third kappa shape index (κ3) is 3.95. The summed E-state index contributed by atoms with van der Waals surface area (Å²) >= 11 is 0. The van der Waals surface area contributed by atoms with E-state index in [9.17, 15) is 18.0 Å². The summed E-state index contributed by atoms with van der Waals surface area (Å²) in [4.78, 5) is 16.9. The third-order valence-corrected chi connectivity index (χ3v) is 4.64. The van der Waals surface area contributed by atoms with E-state index in [1.54, 1.807) is 6.33 Å². The minimum absolute atomic E-state index is 0.0136. The van der Waals surface area contributed by atoms with Gasteiger partial charge in [-0.15, -0.1) is 0 Å². The largest absolute Gasteiger partial charge is 0.404 e. The van der Waals surface area contributed by atoms with E-state index in [0.29, 0.717) is 6.42 Å². The van der Waals surface area contributed by atoms with E-state index < -0.39 is 12.2 Å². The van der Waals surface area contributed by atoms with Gasteiger partial charge in [0.25, 0.3) is 0 Å². The predicted octanol–water partition coefficient (Wildman–Crippen LogP) is 2.60. The van der Waals surface area contributed by atoms with Gasteiger partial charge in [-0.1, -0.05) is 6.07 Å². The molecule has 1 saturated heterocycles. The van der Waals surface area contributed by atoms with Crippen molar-refractivity contribution in [2.75, 3.05) is 6.54 Å². The van der Waals surface area contributed by atoms with E-state index in [4.69, 9.17) is 0 Å². The van der Waals surface area contributed by atoms with Crippen molar-refractivity contribution in [3.63, 3.8) is 0 Å². The van der Waals surface area contributed by atoms with Gasteiger partial charge < -0.3 is 9.88 Å². The lowest BCUT2D eigenvalue weighted by Gasteiger charge is -2.40. The number of aryl methyl sites for hydroxylation is 1. The number of benzene rings is 1. The molecule has 0 aliphatic carbocycles. The van der Waals surface area contributed by atoms with Gasteiger partial charge in [0.2, 0.25) is 5.91 Å². The van der Waals surface area contributed by atoms with Gasteiger partial charge in [0.1, 0.15) is 6.04 Å². The maximum atomic E-state index is 13.4. The average Bonchev–Trinajstić information content (AvgIpc) is 2.86. The zero-order chi connectivity index (χ0) is 18.2. The van der Waals surface area contributed by atoms with E-state index >= 15 is 0 Å². The number of hydrogen-bond acceptors (Lipinski definition) is 3. The molecule has 0 spiro atoms. The number of piperidine rings is 1. The zero-order valence-electron chi connectivity index (χ0n) is 14.2. The topological polar surface area (TPSA) is 50.2 Å². The molecule has 0 saturated carbocycles. The number of rotatable bonds is 3. The highest BCUT2D eigenvalue weighted by atomic mass is 19.4. The molecule has 25 heavy (non-hydrogen) atoms. The second-order valence-corrected chi connectivity index (χ2v) is 6.64. The van der Waals surface area contributed by atoms with Crippen molar-refractivity contribution in [3.8, 4) is 0 Å². The second-order valence-electron chi connectivity index (χ2n) is 6.64. The van der Waals surface area contributed by atoms with Gasteiger partial charge in [-0.3, -0.25) is 9.69 Å². The van der Waals surface area contributed by atoms with Crippen molar-refractivity contribution in [1.82, 2.24) is 19.8 Å². The van der Waals surface area contributed by atoms with Gasteiger partial charge >= 0.3 is 6.18 Å². The van der Waals surface area contributed by atoms with Crippen LogP contribution in [0.3, 0.4) is 0 Å². The fourth-order valence-corrected chi connectivity index (χ4v) is 3.51. The lowest BCUT2D eigenvalue weighted by molar-refractivity contribution is -0.194. The number of fused-ring (bicyclic) bond motifs is 1. The van der Waals surface area contributed by atoms with E-state index in [0.717, 1.165) is 16.6 Å². The van der Waals surface area contributed by atoms with Crippen LogP contribution in [-0.4, -0.2) is 45.2 Å². The first-order valence-electron chi connectivity index (χ1n) is 8.22. The molecule has 0 bridgehead atoms. The van der Waals surface area contributed by atoms with Crippen LogP contribution in [0.25, 0.3) is 11.0 Å². The standard InChI is InChI=1S/C17H21F3N4O/c1-11(25)22-13-4-6-16(17(18,19)20)24(9-13)8-12-3-5-15-14(7-12)21-10-23(15)2/h3,5,7,10,13,16H,4,6,8-9H2,1-2H3,(H,22,25)/t13-,16+/m1/s1. The highest BCUT2D eigenvalue weighted by Crippen LogP contribution is 2.33. The van der Waals surface area contributed by atoms with Crippen molar-refractivity contribution in [1.29, 1.82) is 0 Å². The number of amides is 1. The molecule has 2 heterocycles. The molecule has 3 rings (SSSR count). The monoisotopic (exact) mass is 354 g/mol. The van der Waals surface area contributed by atoms with Gasteiger partial charge in [-0.25, -0.2) is 4.98 Å². The molecule has 1 N–H and O–H groups in total. The first kappa shape index (κ1) is 17.7. The molecule has 8 heteroatoms. The first-order chi connectivity index (χ1) is 11.7. The predicted molar refractivity (Wildman–Crippen MR) is 87.8 cm³/mol. The van der Waals surface area contributed by atoms with Crippen molar-refractivity contribution in [2.45, 2.75) is 44.6 Å². The maximum Gasteiger partial charge on any atom is 0.404 e. The van der Waals surface area contributed by atoms with Crippen molar-refractivity contribution in [2.24, 2.45) is 7.05 Å². The van der Waals surface area contributed by atoms with Gasteiger partial charge in [0.05, 0.1) is 17.4 Å². The molecular formula is C17H21F3N4O. The van der Waals surface area contributed by atoms with Crippen LogP contribution >= 0.6 is 0 Å². The summed E-state index contributed by atoms with van der Waals surface area (Å²) in [5.74, 6) is -0.217. The fraction of sp³-hybridized carbons (Fsp3) is 0.529. The van der Waals surface area contributed by atoms with Gasteiger partial charge in [0, 0.05) is 33.1 Å². The van der Waals surface area contributed by atoms with E-state index in [2.05, 4.69) is 10.3 Å². The third-order valence-electron chi connectivity index (χ3n) is 4.64. The highest BCUT2D eigenvalue weighted by Gasteiger charge is 2.46. The lowest BCUT2D eigenvalue weighted by Crippen LogP contribution is -2.55. The minimum Gasteiger partial charge on any atom is -0.352 e. The van der Waals surface area contributed by atoms with Crippen LogP contribution in [0.1, 0.15) is 25.3 Å². The minimum atomic E-state index is -4.28. The maximum absolute atomic E-state index is 13.4. The molecule has 1 fully saturated rings. The van der Waals surface area contributed by atoms with Crippen LogP contribution in [0.5, 0.6) is 0 Å². The van der Waals surface area contributed by atoms with Gasteiger partial charge in [0.15, 0.2) is 0 Å². The number of aromatic nitrogens is 2. The Morgan fingerprint density at radius 1 is 1.36 bits per heavy atom. The Bertz CT molecular complexity index is 771. The molecule has 136 valence electrons. The molecular weight excluding hydrogens is 333 g/mol. The first-order valence-corrected chi connectivity index (χ1v) is 8.22. The molecule has 0 radical (unpaired) electrons. The summed E-state index contributed by atoms with van der Waals surface area (Å²) in [7, 11) is 1.87. The van der Waals surface area contributed by atoms with E-state index in [-0.39, 0.29) is 31.5 Å². The normalized spacial score (nSPS) is 22.3. The number of nitrogens with one attached hydrogen (secondary N) is 1. The summed E-state index contributed by atoms with van der Waals surface area (Å²) < 4.78 is 42.1. The SMILES string of the molecule is CC(=O)N[C@@H]1CC[C@@H](C(F)(F)F)N(Cc2ccc3c(c2)ncn3C)C1. The highest BCUT2D eigenvalue weighted by molar-refractivity contribution is 5.76. The van der Waals surface area contributed by atoms with E-state index in [1.165, 1.54) is 11.8 Å². The summed E-state index contributed by atoms with van der Waals surface area (Å²) in [5.41, 5.74) is 2.48. The Morgan fingerprint density at radius 3 is 2.80 bits per heavy atom. The average molecular weight is 354 g/mol. The summed E-state index contributed by atoms with van der Waals surface area (Å²) in [6.07, 6.45) is -2.28.